The molecule has 1 aliphatic heterocycles. The minimum atomic E-state index is -3.53. The van der Waals surface area contributed by atoms with Crippen LogP contribution in [0.25, 0.3) is 132 Å². The first-order valence-electron chi connectivity index (χ1n) is 40.7. The first-order chi connectivity index (χ1) is 59.9. The first kappa shape index (κ1) is 91.8. The fourth-order valence-corrected chi connectivity index (χ4v) is 23.7. The molecule has 126 heavy (non-hydrogen) atoms. The molecule has 0 atom stereocenters. The van der Waals surface area contributed by atoms with E-state index in [0.29, 0.717) is 20.9 Å². The summed E-state index contributed by atoms with van der Waals surface area (Å²) in [4.78, 5) is 27.7. The standard InChI is InChI=1S/C26H22NO2SSi.C25H20NOSi.C25H20NSSi.3C11H8N.3Ir/c1-31(2,3)26-17-27-23(16-22(26)18-9-5-4-6-10-18)19-13-14-21-20-11-7-8-12-24(20)30(28,29)25(21)15-19;2*1-28(2,19-8-4-3-5-9-19)20-13-15-23(26-17-20)18-12-14-22-21-10-6-7-11-24(21)27-25(22)16-18;3*1-2-6-10(7-3-1)11-8-4-5-9-12-11;;;/h4-12,14-17H,1-3H3;2*3-11,13-17H,1-2H3;3*1-6,8-9H;;;/q6*-1;;;. The summed E-state index contributed by atoms with van der Waals surface area (Å²) in [5, 5.41) is 11.6. The predicted octanol–water partition coefficient (Wildman–Crippen LogP) is 24.2. The molecule has 21 rings (SSSR count). The molecule has 17 heteroatoms. The van der Waals surface area contributed by atoms with E-state index in [1.54, 1.807) is 42.9 Å². The molecule has 0 spiro atoms. The van der Waals surface area contributed by atoms with Crippen molar-refractivity contribution in [3.63, 3.8) is 0 Å². The van der Waals surface area contributed by atoms with Gasteiger partial charge in [0.15, 0.2) is 9.84 Å². The van der Waals surface area contributed by atoms with E-state index >= 15 is 0 Å². The molecule has 0 saturated heterocycles. The summed E-state index contributed by atoms with van der Waals surface area (Å²) in [5.74, 6) is 0. The first-order valence-corrected chi connectivity index (χ1v) is 52.5. The summed E-state index contributed by atoms with van der Waals surface area (Å²) in [5.41, 5.74) is 16.9. The van der Waals surface area contributed by atoms with Gasteiger partial charge in [-0.1, -0.05) is 291 Å². The van der Waals surface area contributed by atoms with Gasteiger partial charge < -0.3 is 34.3 Å². The van der Waals surface area contributed by atoms with Gasteiger partial charge in [-0.2, -0.15) is 11.3 Å². The zero-order chi connectivity index (χ0) is 84.8. The Kier molecular flexibility index (Phi) is 30.6. The maximum Gasteiger partial charge on any atom is 0.189 e. The predicted molar refractivity (Wildman–Crippen MR) is 517 cm³/mol. The Balaban J connectivity index is 0.000000134. The minimum Gasteiger partial charge on any atom is -0.476 e. The summed E-state index contributed by atoms with van der Waals surface area (Å²) < 4.78 is 34.8. The number of pyridine rings is 6. The molecule has 0 aliphatic carbocycles. The van der Waals surface area contributed by atoms with Crippen LogP contribution in [-0.4, -0.2) is 62.5 Å². The number of hydrogen-bond acceptors (Lipinski definition) is 10. The summed E-state index contributed by atoms with van der Waals surface area (Å²) in [6.07, 6.45) is 11.4. The van der Waals surface area contributed by atoms with E-state index in [0.717, 1.165) is 101 Å². The van der Waals surface area contributed by atoms with Crippen LogP contribution < -0.4 is 25.9 Å². The molecule has 0 fully saturated rings. The van der Waals surface area contributed by atoms with Crippen molar-refractivity contribution in [3.8, 4) is 89.8 Å². The van der Waals surface area contributed by atoms with Crippen LogP contribution in [0.2, 0.25) is 45.8 Å². The molecular formula is C109H86Ir3N6O3S2Si3-6. The van der Waals surface area contributed by atoms with Crippen molar-refractivity contribution in [3.05, 3.63) is 431 Å². The molecule has 9 nitrogen and oxygen atoms in total. The number of sulfone groups is 1. The molecule has 8 aromatic heterocycles. The molecule has 20 aromatic rings. The summed E-state index contributed by atoms with van der Waals surface area (Å²) in [6, 6.07) is 139. The fraction of sp³-hybridized carbons (Fsp3) is 0.0642. The average molecular weight is 2250 g/mol. The summed E-state index contributed by atoms with van der Waals surface area (Å²) >= 11 is 1.83. The minimum absolute atomic E-state index is 0. The van der Waals surface area contributed by atoms with Crippen molar-refractivity contribution in [2.24, 2.45) is 0 Å². The molecule has 0 saturated carbocycles. The van der Waals surface area contributed by atoms with E-state index in [-0.39, 0.29) is 60.3 Å². The Morgan fingerprint density at radius 2 is 0.730 bits per heavy atom. The number of aromatic nitrogens is 6. The van der Waals surface area contributed by atoms with Crippen molar-refractivity contribution in [1.29, 1.82) is 0 Å². The molecule has 3 radical (unpaired) electrons. The Labute approximate surface area is 786 Å². The molecule has 0 amide bonds. The van der Waals surface area contributed by atoms with Crippen LogP contribution in [0.1, 0.15) is 0 Å². The largest absolute Gasteiger partial charge is 0.476 e. The SMILES string of the molecule is C[Si](C)(C)c1cnc(-c2[c-]cc3c(c2)S(=O)(=O)c2ccccc2-3)cc1-c1ccccc1.C[Si](C)(c1ccccc1)c1ccc(-c2[c-]cc3c(c2)oc2ccccc23)nc1.C[Si](C)(c1ccccc1)c1ccc(-c2[c-]cc3c(c2)sc2ccccc23)nc1.[Ir].[Ir].[Ir].[c-]1ccccc1-c1ccccn1.[c-]1ccccc1-c1ccccn1.[c-]1ccccc1-c1ccccn1. The molecule has 0 N–H and O–H groups in total. The second-order valence-corrected chi connectivity index (χ2v) is 48.4. The molecular weight excluding hydrogens is 2170 g/mol. The van der Waals surface area contributed by atoms with Gasteiger partial charge in [0.2, 0.25) is 0 Å². The topological polar surface area (TPSA) is 125 Å². The van der Waals surface area contributed by atoms with Crippen LogP contribution in [0.3, 0.4) is 0 Å². The maximum absolute atomic E-state index is 13.1. The number of para-hydroxylation sites is 1. The van der Waals surface area contributed by atoms with Crippen molar-refractivity contribution in [2.45, 2.75) is 55.6 Å². The number of furan rings is 1. The Morgan fingerprint density at radius 3 is 1.23 bits per heavy atom. The van der Waals surface area contributed by atoms with Gasteiger partial charge in [-0.05, 0) is 123 Å². The third-order valence-electron chi connectivity index (χ3n) is 21.8. The van der Waals surface area contributed by atoms with Crippen molar-refractivity contribution < 1.29 is 73.2 Å². The van der Waals surface area contributed by atoms with Crippen LogP contribution in [-0.2, 0) is 70.2 Å². The smallest absolute Gasteiger partial charge is 0.189 e. The third kappa shape index (κ3) is 21.3. The number of hydrogen-bond donors (Lipinski definition) is 0. The van der Waals surface area contributed by atoms with Gasteiger partial charge >= 0.3 is 0 Å². The number of fused-ring (bicyclic) bond motifs is 9. The Morgan fingerprint density at radius 1 is 0.294 bits per heavy atom. The molecule has 627 valence electrons. The van der Waals surface area contributed by atoms with Crippen LogP contribution in [0, 0.1) is 36.4 Å². The molecule has 1 aliphatic rings. The van der Waals surface area contributed by atoms with Crippen molar-refractivity contribution >= 4 is 113 Å². The number of benzene rings is 12. The molecule has 0 unspecified atom stereocenters. The normalized spacial score (nSPS) is 11.5. The quantitative estimate of drug-likeness (QED) is 0.0868. The molecule has 12 aromatic carbocycles. The molecule has 0 bridgehead atoms. The second kappa shape index (κ2) is 41.9. The number of thiophene rings is 1. The zero-order valence-electron chi connectivity index (χ0n) is 70.3. The maximum atomic E-state index is 13.1. The van der Waals surface area contributed by atoms with Crippen molar-refractivity contribution in [2.75, 3.05) is 0 Å². The van der Waals surface area contributed by atoms with E-state index in [4.69, 9.17) is 19.4 Å². The van der Waals surface area contributed by atoms with E-state index in [9.17, 15) is 8.42 Å². The summed E-state index contributed by atoms with van der Waals surface area (Å²) in [7, 11) is -8.62. The summed E-state index contributed by atoms with van der Waals surface area (Å²) in [6.45, 7) is 16.4. The Hall–Kier alpha value is -11.9. The van der Waals surface area contributed by atoms with Crippen LogP contribution in [0.5, 0.6) is 0 Å². The third-order valence-corrected chi connectivity index (χ3v) is 33.9. The number of rotatable bonds is 12. The van der Waals surface area contributed by atoms with E-state index in [1.165, 1.54) is 46.1 Å². The fourth-order valence-electron chi connectivity index (χ4n) is 14.9. The zero-order valence-corrected chi connectivity index (χ0v) is 82.1. The van der Waals surface area contributed by atoms with Gasteiger partial charge in [-0.25, -0.2) is 8.42 Å². The van der Waals surface area contributed by atoms with E-state index < -0.39 is 34.1 Å². The average Bonchev–Trinajstić information content (AvgIpc) is 1.58. The van der Waals surface area contributed by atoms with Gasteiger partial charge in [0.25, 0.3) is 0 Å². The van der Waals surface area contributed by atoms with Gasteiger partial charge in [-0.3, -0.25) is 0 Å². The van der Waals surface area contributed by atoms with Gasteiger partial charge in [0.1, 0.15) is 21.7 Å². The Bertz CT molecular complexity index is 6580. The van der Waals surface area contributed by atoms with Gasteiger partial charge in [-0.15, -0.1) is 173 Å². The van der Waals surface area contributed by atoms with Crippen LogP contribution in [0.15, 0.2) is 409 Å². The van der Waals surface area contributed by atoms with E-state index in [2.05, 4.69) is 249 Å². The van der Waals surface area contributed by atoms with Crippen LogP contribution >= 0.6 is 11.3 Å². The van der Waals surface area contributed by atoms with Crippen molar-refractivity contribution in [1.82, 2.24) is 29.9 Å². The second-order valence-electron chi connectivity index (χ2n) is 31.6. The van der Waals surface area contributed by atoms with E-state index in [1.807, 2.05) is 212 Å². The monoisotopic (exact) mass is 2250 g/mol. The molecule has 9 heterocycles. The van der Waals surface area contributed by atoms with Gasteiger partial charge in [0, 0.05) is 102 Å². The van der Waals surface area contributed by atoms with Crippen LogP contribution in [0.4, 0.5) is 0 Å². The number of nitrogens with zero attached hydrogens (tertiary/aromatic N) is 6. The van der Waals surface area contributed by atoms with Gasteiger partial charge in [0.05, 0.1) is 18.6 Å².